The maximum atomic E-state index is 10.5. The maximum absolute atomic E-state index is 10.5. The SMILES string of the molecule is CC(C)CNCCCCC(C)C(=O)O. The van der Waals surface area contributed by atoms with E-state index in [1.54, 1.807) is 6.92 Å². The smallest absolute Gasteiger partial charge is 0.306 e. The minimum Gasteiger partial charge on any atom is -0.481 e. The van der Waals surface area contributed by atoms with Gasteiger partial charge in [-0.15, -0.1) is 0 Å². The molecule has 0 aromatic carbocycles. The summed E-state index contributed by atoms with van der Waals surface area (Å²) in [5.74, 6) is -0.187. The Kier molecular flexibility index (Phi) is 7.48. The predicted molar refractivity (Wildman–Crippen MR) is 58.4 cm³/mol. The second kappa shape index (κ2) is 7.80. The molecule has 0 bridgehead atoms. The highest BCUT2D eigenvalue weighted by atomic mass is 16.4. The molecule has 0 spiro atoms. The first-order valence-corrected chi connectivity index (χ1v) is 5.47. The second-order valence-electron chi connectivity index (χ2n) is 4.33. The van der Waals surface area contributed by atoms with Crippen LogP contribution in [0.1, 0.15) is 40.0 Å². The van der Waals surface area contributed by atoms with Gasteiger partial charge in [-0.25, -0.2) is 0 Å². The molecular weight excluding hydrogens is 178 g/mol. The normalized spacial score (nSPS) is 13.1. The van der Waals surface area contributed by atoms with E-state index in [0.29, 0.717) is 5.92 Å². The summed E-state index contributed by atoms with van der Waals surface area (Å²) in [6.07, 6.45) is 2.86. The number of carboxylic acid groups (broad SMARTS) is 1. The molecule has 1 unspecified atom stereocenters. The van der Waals surface area contributed by atoms with Crippen molar-refractivity contribution in [3.8, 4) is 0 Å². The molecule has 0 aliphatic heterocycles. The summed E-state index contributed by atoms with van der Waals surface area (Å²) in [6, 6.07) is 0. The first kappa shape index (κ1) is 13.4. The summed E-state index contributed by atoms with van der Waals surface area (Å²) in [5.41, 5.74) is 0. The lowest BCUT2D eigenvalue weighted by atomic mass is 10.0. The summed E-state index contributed by atoms with van der Waals surface area (Å²) >= 11 is 0. The molecule has 0 amide bonds. The van der Waals surface area contributed by atoms with Gasteiger partial charge in [0, 0.05) is 0 Å². The number of carbonyl (C=O) groups is 1. The Morgan fingerprint density at radius 1 is 1.29 bits per heavy atom. The van der Waals surface area contributed by atoms with E-state index >= 15 is 0 Å². The van der Waals surface area contributed by atoms with Crippen LogP contribution in [0, 0.1) is 11.8 Å². The maximum Gasteiger partial charge on any atom is 0.306 e. The standard InChI is InChI=1S/C11H23NO2/c1-9(2)8-12-7-5-4-6-10(3)11(13)14/h9-10,12H,4-8H2,1-3H3,(H,13,14). The highest BCUT2D eigenvalue weighted by molar-refractivity contribution is 5.69. The molecule has 0 radical (unpaired) electrons. The monoisotopic (exact) mass is 201 g/mol. The molecule has 3 nitrogen and oxygen atoms in total. The van der Waals surface area contributed by atoms with Crippen LogP contribution in [0.25, 0.3) is 0 Å². The lowest BCUT2D eigenvalue weighted by Gasteiger charge is -2.08. The molecule has 0 saturated carbocycles. The number of hydrogen-bond acceptors (Lipinski definition) is 2. The van der Waals surface area contributed by atoms with Crippen molar-refractivity contribution in [3.63, 3.8) is 0 Å². The van der Waals surface area contributed by atoms with Gasteiger partial charge in [-0.05, 0) is 31.8 Å². The molecule has 0 aliphatic carbocycles. The molecule has 14 heavy (non-hydrogen) atoms. The largest absolute Gasteiger partial charge is 0.481 e. The second-order valence-corrected chi connectivity index (χ2v) is 4.33. The third-order valence-electron chi connectivity index (χ3n) is 2.21. The zero-order valence-corrected chi connectivity index (χ0v) is 9.55. The third kappa shape index (κ3) is 8.05. The van der Waals surface area contributed by atoms with Gasteiger partial charge in [0.05, 0.1) is 5.92 Å². The van der Waals surface area contributed by atoms with E-state index in [9.17, 15) is 4.79 Å². The molecule has 0 fully saturated rings. The summed E-state index contributed by atoms with van der Waals surface area (Å²) in [6.45, 7) is 8.18. The van der Waals surface area contributed by atoms with E-state index in [1.165, 1.54) is 0 Å². The van der Waals surface area contributed by atoms with E-state index in [4.69, 9.17) is 5.11 Å². The van der Waals surface area contributed by atoms with E-state index < -0.39 is 5.97 Å². The van der Waals surface area contributed by atoms with Crippen molar-refractivity contribution < 1.29 is 9.90 Å². The van der Waals surface area contributed by atoms with Crippen LogP contribution in [0.2, 0.25) is 0 Å². The van der Waals surface area contributed by atoms with Crippen molar-refractivity contribution in [2.45, 2.75) is 40.0 Å². The predicted octanol–water partition coefficient (Wildman–Crippen LogP) is 2.12. The lowest BCUT2D eigenvalue weighted by Crippen LogP contribution is -2.21. The average molecular weight is 201 g/mol. The minimum atomic E-state index is -0.680. The molecule has 0 rings (SSSR count). The van der Waals surface area contributed by atoms with Gasteiger partial charge >= 0.3 is 5.97 Å². The Morgan fingerprint density at radius 2 is 1.93 bits per heavy atom. The van der Waals surface area contributed by atoms with Crippen LogP contribution < -0.4 is 5.32 Å². The van der Waals surface area contributed by atoms with E-state index in [1.807, 2.05) is 0 Å². The number of nitrogens with one attached hydrogen (secondary N) is 1. The fourth-order valence-electron chi connectivity index (χ4n) is 1.21. The highest BCUT2D eigenvalue weighted by Gasteiger charge is 2.09. The van der Waals surface area contributed by atoms with Crippen molar-refractivity contribution in [3.05, 3.63) is 0 Å². The van der Waals surface area contributed by atoms with Gasteiger partial charge in [-0.3, -0.25) is 4.79 Å². The molecule has 0 aromatic rings. The molecule has 84 valence electrons. The summed E-state index contributed by atoms with van der Waals surface area (Å²) in [7, 11) is 0. The van der Waals surface area contributed by atoms with E-state index in [0.717, 1.165) is 32.4 Å². The van der Waals surface area contributed by atoms with Crippen LogP contribution in [0.15, 0.2) is 0 Å². The Labute approximate surface area is 86.9 Å². The zero-order valence-electron chi connectivity index (χ0n) is 9.55. The number of hydrogen-bond donors (Lipinski definition) is 2. The Hall–Kier alpha value is -0.570. The van der Waals surface area contributed by atoms with Crippen molar-refractivity contribution >= 4 is 5.97 Å². The first-order valence-electron chi connectivity index (χ1n) is 5.47. The Bertz CT molecular complexity index is 157. The summed E-state index contributed by atoms with van der Waals surface area (Å²) < 4.78 is 0. The zero-order chi connectivity index (χ0) is 11.0. The van der Waals surface area contributed by atoms with Gasteiger partial charge in [0.2, 0.25) is 0 Å². The fourth-order valence-corrected chi connectivity index (χ4v) is 1.21. The lowest BCUT2D eigenvalue weighted by molar-refractivity contribution is -0.141. The number of aliphatic carboxylic acids is 1. The van der Waals surface area contributed by atoms with Crippen molar-refractivity contribution in [2.75, 3.05) is 13.1 Å². The fraction of sp³-hybridized carbons (Fsp3) is 0.909. The van der Waals surface area contributed by atoms with Gasteiger partial charge < -0.3 is 10.4 Å². The van der Waals surface area contributed by atoms with Crippen LogP contribution in [0.3, 0.4) is 0 Å². The number of carboxylic acids is 1. The number of unbranched alkanes of at least 4 members (excludes halogenated alkanes) is 1. The van der Waals surface area contributed by atoms with Crippen LogP contribution >= 0.6 is 0 Å². The minimum absolute atomic E-state index is 0.194. The first-order chi connectivity index (χ1) is 6.54. The molecule has 0 saturated heterocycles. The molecule has 3 heteroatoms. The van der Waals surface area contributed by atoms with E-state index in [-0.39, 0.29) is 5.92 Å². The molecule has 0 aliphatic rings. The van der Waals surface area contributed by atoms with Crippen LogP contribution in [0.5, 0.6) is 0 Å². The average Bonchev–Trinajstić information content (AvgIpc) is 2.09. The quantitative estimate of drug-likeness (QED) is 0.591. The van der Waals surface area contributed by atoms with Gasteiger partial charge in [0.25, 0.3) is 0 Å². The Balaban J connectivity index is 3.17. The van der Waals surface area contributed by atoms with Gasteiger partial charge in [-0.2, -0.15) is 0 Å². The molecule has 0 aromatic heterocycles. The number of rotatable bonds is 8. The summed E-state index contributed by atoms with van der Waals surface area (Å²) in [5, 5.41) is 12.0. The molecule has 1 atom stereocenters. The van der Waals surface area contributed by atoms with Crippen molar-refractivity contribution in [1.82, 2.24) is 5.32 Å². The molecular formula is C11H23NO2. The molecule has 2 N–H and O–H groups in total. The van der Waals surface area contributed by atoms with Crippen molar-refractivity contribution in [1.29, 1.82) is 0 Å². The summed E-state index contributed by atoms with van der Waals surface area (Å²) in [4.78, 5) is 10.5. The van der Waals surface area contributed by atoms with Crippen LogP contribution in [-0.2, 0) is 4.79 Å². The van der Waals surface area contributed by atoms with Crippen molar-refractivity contribution in [2.24, 2.45) is 11.8 Å². The van der Waals surface area contributed by atoms with Gasteiger partial charge in [-0.1, -0.05) is 27.2 Å². The topological polar surface area (TPSA) is 49.3 Å². The van der Waals surface area contributed by atoms with Gasteiger partial charge in [0.1, 0.15) is 0 Å². The molecule has 0 heterocycles. The highest BCUT2D eigenvalue weighted by Crippen LogP contribution is 2.06. The Morgan fingerprint density at radius 3 is 2.43 bits per heavy atom. The van der Waals surface area contributed by atoms with E-state index in [2.05, 4.69) is 19.2 Å². The van der Waals surface area contributed by atoms with Crippen LogP contribution in [0.4, 0.5) is 0 Å². The van der Waals surface area contributed by atoms with Crippen LogP contribution in [-0.4, -0.2) is 24.2 Å². The third-order valence-corrected chi connectivity index (χ3v) is 2.21. The van der Waals surface area contributed by atoms with Gasteiger partial charge in [0.15, 0.2) is 0 Å².